The van der Waals surface area contributed by atoms with Gasteiger partial charge in [-0.2, -0.15) is 0 Å². The van der Waals surface area contributed by atoms with E-state index >= 15 is 0 Å². The van der Waals surface area contributed by atoms with E-state index in [-0.39, 0.29) is 34.9 Å². The highest BCUT2D eigenvalue weighted by atomic mass is 16.1. The molecular weight excluding hydrogens is 787 g/mol. The first-order valence-corrected chi connectivity index (χ1v) is 20.2. The van der Waals surface area contributed by atoms with Crippen molar-refractivity contribution in [3.63, 3.8) is 0 Å². The number of nitrogens with two attached hydrogens (primary N) is 3. The number of anilines is 6. The summed E-state index contributed by atoms with van der Waals surface area (Å²) < 4.78 is 0. The Morgan fingerprint density at radius 2 is 1.16 bits per heavy atom. The topological polar surface area (TPSA) is 263 Å². The molecule has 2 atom stereocenters. The van der Waals surface area contributed by atoms with Crippen LogP contribution in [0.5, 0.6) is 0 Å². The fraction of sp³-hybridized carbons (Fsp3) is 0.250. The zero-order chi connectivity index (χ0) is 43.4. The Balaban J connectivity index is 0.000000188. The molecular formula is C44H47N15O3. The van der Waals surface area contributed by atoms with Crippen LogP contribution in [0.4, 0.5) is 34.6 Å². The number of rotatable bonds is 13. The average Bonchev–Trinajstić information content (AvgIpc) is 3.30. The molecule has 0 bridgehead atoms. The second kappa shape index (κ2) is 20.0. The van der Waals surface area contributed by atoms with Gasteiger partial charge in [0.05, 0.1) is 12.4 Å². The van der Waals surface area contributed by atoms with Crippen molar-refractivity contribution in [2.24, 2.45) is 23.1 Å². The molecule has 18 nitrogen and oxygen atoms in total. The molecule has 8 N–H and O–H groups in total. The van der Waals surface area contributed by atoms with Crippen LogP contribution in [0.25, 0.3) is 22.8 Å². The lowest BCUT2D eigenvalue weighted by Crippen LogP contribution is -2.43. The maximum atomic E-state index is 12.0. The summed E-state index contributed by atoms with van der Waals surface area (Å²) in [6.45, 7) is 6.59. The highest BCUT2D eigenvalue weighted by molar-refractivity contribution is 5.97. The van der Waals surface area contributed by atoms with Crippen LogP contribution < -0.4 is 37.6 Å². The lowest BCUT2D eigenvalue weighted by molar-refractivity contribution is -0.115. The van der Waals surface area contributed by atoms with Crippen molar-refractivity contribution in [3.8, 4) is 22.8 Å². The van der Waals surface area contributed by atoms with Gasteiger partial charge in [0.15, 0.2) is 40.5 Å². The van der Waals surface area contributed by atoms with Gasteiger partial charge in [-0.05, 0) is 74.1 Å². The molecule has 0 saturated carbocycles. The van der Waals surface area contributed by atoms with E-state index in [9.17, 15) is 14.4 Å². The zero-order valence-electron chi connectivity index (χ0n) is 34.0. The number of amides is 2. The first kappa shape index (κ1) is 42.4. The summed E-state index contributed by atoms with van der Waals surface area (Å²) in [5.41, 5.74) is 20.3. The number of aromatic nitrogens is 8. The zero-order valence-corrected chi connectivity index (χ0v) is 34.0. The Hall–Kier alpha value is -7.73. The van der Waals surface area contributed by atoms with Crippen LogP contribution in [0.15, 0.2) is 110 Å². The number of primary amides is 2. The summed E-state index contributed by atoms with van der Waals surface area (Å²) in [6.07, 6.45) is 15.6. The third kappa shape index (κ3) is 10.9. The molecule has 2 aromatic carbocycles. The molecule has 6 heterocycles. The minimum atomic E-state index is -0.674. The maximum absolute atomic E-state index is 12.0. The molecule has 6 aromatic rings. The molecule has 2 saturated heterocycles. The molecule has 18 heteroatoms. The van der Waals surface area contributed by atoms with Gasteiger partial charge in [-0.15, -0.1) is 0 Å². The number of nitrogens with one attached hydrogen (secondary N) is 2. The molecule has 2 amide bonds. The van der Waals surface area contributed by atoms with Gasteiger partial charge in [-0.1, -0.05) is 30.8 Å². The van der Waals surface area contributed by atoms with Crippen molar-refractivity contribution >= 4 is 52.2 Å². The number of hydrogen-bond acceptors (Lipinski definition) is 16. The number of ketones is 1. The van der Waals surface area contributed by atoms with Gasteiger partial charge in [0, 0.05) is 85.9 Å². The lowest BCUT2D eigenvalue weighted by Gasteiger charge is -2.33. The molecule has 0 unspecified atom stereocenters. The van der Waals surface area contributed by atoms with E-state index in [1.165, 1.54) is 6.08 Å². The van der Waals surface area contributed by atoms with E-state index in [4.69, 9.17) is 17.2 Å². The summed E-state index contributed by atoms with van der Waals surface area (Å²) in [5, 5.41) is 6.34. The first-order chi connectivity index (χ1) is 30.1. The molecule has 2 aliphatic heterocycles. The lowest BCUT2D eigenvalue weighted by atomic mass is 9.93. The van der Waals surface area contributed by atoms with Crippen LogP contribution in [0.3, 0.4) is 0 Å². The molecule has 4 aromatic heterocycles. The van der Waals surface area contributed by atoms with Gasteiger partial charge in [-0.25, -0.2) is 39.9 Å². The van der Waals surface area contributed by atoms with Crippen molar-refractivity contribution in [1.29, 1.82) is 0 Å². The van der Waals surface area contributed by atoms with Gasteiger partial charge >= 0.3 is 0 Å². The minimum absolute atomic E-state index is 0.0432. The highest BCUT2D eigenvalue weighted by Gasteiger charge is 2.25. The van der Waals surface area contributed by atoms with Gasteiger partial charge in [-0.3, -0.25) is 14.4 Å². The Morgan fingerprint density at radius 3 is 1.63 bits per heavy atom. The second-order valence-electron chi connectivity index (χ2n) is 14.8. The van der Waals surface area contributed by atoms with Gasteiger partial charge < -0.3 is 37.6 Å². The van der Waals surface area contributed by atoms with Crippen molar-refractivity contribution in [1.82, 2.24) is 39.9 Å². The van der Waals surface area contributed by atoms with E-state index in [1.807, 2.05) is 48.5 Å². The summed E-state index contributed by atoms with van der Waals surface area (Å²) >= 11 is 0. The SMILES string of the molecule is C=CC(=O)C[C@@H]1CCCN(c2cnc(C(N)=O)c(Nc3cccc(-c4ncccn4)c3)n2)C1.NC(=O)c1ncc(N2CCC[C@@H](N)C2)nc1Nc1cccc(-c2ncccn2)c1. The molecule has 8 rings (SSSR count). The van der Waals surface area contributed by atoms with E-state index in [0.717, 1.165) is 55.6 Å². The monoisotopic (exact) mass is 833 g/mol. The Kier molecular flexibility index (Phi) is 13.7. The number of nitrogens with zero attached hydrogens (tertiary/aromatic N) is 10. The summed E-state index contributed by atoms with van der Waals surface area (Å²) in [7, 11) is 0. The van der Waals surface area contributed by atoms with Crippen LogP contribution in [-0.4, -0.2) is 89.7 Å². The number of carbonyl (C=O) groups excluding carboxylic acids is 3. The third-order valence-electron chi connectivity index (χ3n) is 10.2. The molecule has 0 spiro atoms. The Morgan fingerprint density at radius 1 is 0.677 bits per heavy atom. The number of hydrogen-bond donors (Lipinski definition) is 5. The fourth-order valence-corrected chi connectivity index (χ4v) is 7.27. The van der Waals surface area contributed by atoms with Crippen molar-refractivity contribution in [2.75, 3.05) is 46.6 Å². The van der Waals surface area contributed by atoms with Gasteiger partial charge in [0.1, 0.15) is 11.6 Å². The van der Waals surface area contributed by atoms with Crippen molar-refractivity contribution in [3.05, 3.63) is 122 Å². The summed E-state index contributed by atoms with van der Waals surface area (Å²) in [4.78, 5) is 74.7. The molecule has 62 heavy (non-hydrogen) atoms. The summed E-state index contributed by atoms with van der Waals surface area (Å²) in [6, 6.07) is 18.6. The molecule has 2 aliphatic rings. The predicted molar refractivity (Wildman–Crippen MR) is 237 cm³/mol. The van der Waals surface area contributed by atoms with Crippen molar-refractivity contribution in [2.45, 2.75) is 38.1 Å². The predicted octanol–water partition coefficient (Wildman–Crippen LogP) is 4.84. The van der Waals surface area contributed by atoms with Crippen molar-refractivity contribution < 1.29 is 14.4 Å². The fourth-order valence-electron chi connectivity index (χ4n) is 7.27. The molecule has 0 aliphatic carbocycles. The molecule has 0 radical (unpaired) electrons. The second-order valence-corrected chi connectivity index (χ2v) is 14.8. The van der Waals surface area contributed by atoms with Crippen LogP contribution in [0.1, 0.15) is 53.1 Å². The summed E-state index contributed by atoms with van der Waals surface area (Å²) in [5.74, 6) is 2.00. The molecule has 316 valence electrons. The molecule has 2 fully saturated rings. The number of piperidine rings is 2. The average molecular weight is 834 g/mol. The van der Waals surface area contributed by atoms with Crippen LogP contribution in [0, 0.1) is 5.92 Å². The maximum Gasteiger partial charge on any atom is 0.271 e. The highest BCUT2D eigenvalue weighted by Crippen LogP contribution is 2.29. The van der Waals surface area contributed by atoms with Crippen LogP contribution in [-0.2, 0) is 4.79 Å². The largest absolute Gasteiger partial charge is 0.364 e. The van der Waals surface area contributed by atoms with Crippen LogP contribution >= 0.6 is 0 Å². The van der Waals surface area contributed by atoms with E-state index in [2.05, 4.69) is 66.9 Å². The van der Waals surface area contributed by atoms with E-state index < -0.39 is 11.8 Å². The standard InChI is InChI=1S/C24H25N7O2.C20H22N8O/c1-2-19(32)12-16-6-4-11-31(15-16)20-14-28-21(22(25)33)24(30-20)29-18-8-3-7-17(13-18)23-26-9-5-10-27-23;21-14-5-2-9-28(12-14)16-11-25-17(18(22)29)20(27-16)26-15-6-1-4-13(10-15)19-23-7-3-8-24-19/h2-3,5,7-10,13-14,16H,1,4,6,11-12,15H2,(H2,25,33)(H,29,30);1,3-4,6-8,10-11,14H,2,5,9,12,21H2,(H2,22,29)(H,26,27)/t16-;14-/m01/s1. The van der Waals surface area contributed by atoms with Gasteiger partial charge in [0.2, 0.25) is 0 Å². The van der Waals surface area contributed by atoms with Gasteiger partial charge in [0.25, 0.3) is 11.8 Å². The normalized spacial score (nSPS) is 16.0. The quantitative estimate of drug-likeness (QED) is 0.0975. The van der Waals surface area contributed by atoms with E-state index in [0.29, 0.717) is 54.3 Å². The van der Waals surface area contributed by atoms with Crippen LogP contribution in [0.2, 0.25) is 0 Å². The Labute approximate surface area is 358 Å². The number of allylic oxidation sites excluding steroid dienone is 1. The third-order valence-corrected chi connectivity index (χ3v) is 10.2. The smallest absolute Gasteiger partial charge is 0.271 e. The number of benzene rings is 2. The Bertz CT molecular complexity index is 2530. The number of carbonyl (C=O) groups is 3. The van der Waals surface area contributed by atoms with E-state index in [1.54, 1.807) is 49.3 Å². The minimum Gasteiger partial charge on any atom is -0.364 e. The first-order valence-electron chi connectivity index (χ1n) is 20.2.